The summed E-state index contributed by atoms with van der Waals surface area (Å²) in [6, 6.07) is 5.65. The Morgan fingerprint density at radius 2 is 1.88 bits per heavy atom. The number of carbonyl (C=O) groups is 2. The van der Waals surface area contributed by atoms with E-state index in [2.05, 4.69) is 10.2 Å². The Morgan fingerprint density at radius 3 is 2.42 bits per heavy atom. The number of hydrogen-bond acceptors (Lipinski definition) is 7. The molecule has 2 aromatic rings. The zero-order valence-corrected chi connectivity index (χ0v) is 13.5. The number of nitrogens with zero attached hydrogens (tertiary/aromatic N) is 5. The first-order valence-corrected chi connectivity index (χ1v) is 7.60. The Hall–Kier alpha value is -3.01. The molecular formula is C14H11N5O4S. The normalized spacial score (nSPS) is 13.7. The summed E-state index contributed by atoms with van der Waals surface area (Å²) in [4.78, 5) is 34.9. The predicted molar refractivity (Wildman–Crippen MR) is 85.5 cm³/mol. The van der Waals surface area contributed by atoms with E-state index in [-0.39, 0.29) is 17.4 Å². The molecule has 24 heavy (non-hydrogen) atoms. The summed E-state index contributed by atoms with van der Waals surface area (Å²) < 4.78 is 1.44. The molecule has 122 valence electrons. The van der Waals surface area contributed by atoms with Gasteiger partial charge in [-0.25, -0.2) is 9.69 Å². The molecule has 10 heteroatoms. The molecule has 3 rings (SSSR count). The van der Waals surface area contributed by atoms with Crippen LogP contribution in [0.1, 0.15) is 19.4 Å². The lowest BCUT2D eigenvalue weighted by molar-refractivity contribution is -0.384. The number of allylic oxidation sites excluding steroid dienone is 1. The fourth-order valence-electron chi connectivity index (χ4n) is 2.31. The van der Waals surface area contributed by atoms with Crippen LogP contribution in [0.2, 0.25) is 0 Å². The van der Waals surface area contributed by atoms with E-state index < -0.39 is 4.92 Å². The molecule has 0 saturated carbocycles. The summed E-state index contributed by atoms with van der Waals surface area (Å²) in [5, 5.41) is 20.1. The molecule has 0 fully saturated rings. The highest BCUT2D eigenvalue weighted by Gasteiger charge is 2.32. The van der Waals surface area contributed by atoms with Gasteiger partial charge in [0.05, 0.1) is 15.5 Å². The molecule has 0 aliphatic carbocycles. The van der Waals surface area contributed by atoms with E-state index in [1.165, 1.54) is 54.1 Å². The standard InChI is InChI=1S/C14H11N5O4S/c1-8(20)13-12(10-3-5-11(6-4-10)19(22)23)18(9(2)21)17-7-15-16-14(17)24-13/h3-7H,1-2H3. The van der Waals surface area contributed by atoms with Crippen LogP contribution in [-0.4, -0.2) is 31.5 Å². The van der Waals surface area contributed by atoms with Gasteiger partial charge in [-0.05, 0) is 30.8 Å². The van der Waals surface area contributed by atoms with Crippen LogP contribution in [0.25, 0.3) is 5.70 Å². The van der Waals surface area contributed by atoms with Crippen LogP contribution in [0.4, 0.5) is 5.69 Å². The Balaban J connectivity index is 2.20. The summed E-state index contributed by atoms with van der Waals surface area (Å²) in [6.45, 7) is 2.74. The number of benzene rings is 1. The SMILES string of the molecule is CC(=O)C1=C(c2ccc([N+](=O)[O-])cc2)N(C(C)=O)n2cnnc2S1. The molecule has 0 N–H and O–H groups in total. The first kappa shape index (κ1) is 15.9. The van der Waals surface area contributed by atoms with Gasteiger partial charge in [0.15, 0.2) is 5.78 Å². The Kier molecular flexibility index (Phi) is 3.89. The molecule has 0 saturated heterocycles. The maximum atomic E-state index is 12.2. The Labute approximate surface area is 140 Å². The second kappa shape index (κ2) is 5.89. The number of non-ortho nitro benzene ring substituents is 1. The van der Waals surface area contributed by atoms with Crippen molar-refractivity contribution in [3.63, 3.8) is 0 Å². The van der Waals surface area contributed by atoms with Crippen molar-refractivity contribution in [3.05, 3.63) is 51.2 Å². The van der Waals surface area contributed by atoms with Gasteiger partial charge in [-0.1, -0.05) is 0 Å². The fourth-order valence-corrected chi connectivity index (χ4v) is 3.25. The first-order chi connectivity index (χ1) is 11.4. The van der Waals surface area contributed by atoms with Gasteiger partial charge in [0, 0.05) is 24.6 Å². The number of carbonyl (C=O) groups excluding carboxylic acids is 2. The zero-order chi connectivity index (χ0) is 17.4. The maximum Gasteiger partial charge on any atom is 0.269 e. The number of rotatable bonds is 3. The number of aromatic nitrogens is 3. The summed E-state index contributed by atoms with van der Waals surface area (Å²) >= 11 is 1.10. The van der Waals surface area contributed by atoms with Gasteiger partial charge < -0.3 is 0 Å². The maximum absolute atomic E-state index is 12.2. The van der Waals surface area contributed by atoms with E-state index in [9.17, 15) is 19.7 Å². The van der Waals surface area contributed by atoms with Crippen LogP contribution >= 0.6 is 11.8 Å². The zero-order valence-electron chi connectivity index (χ0n) is 12.7. The number of Topliss-reactive ketones (excluding diaryl/α,β-unsaturated/α-hetero) is 1. The van der Waals surface area contributed by atoms with Gasteiger partial charge >= 0.3 is 0 Å². The third-order valence-electron chi connectivity index (χ3n) is 3.31. The molecule has 0 unspecified atom stereocenters. The summed E-state index contributed by atoms with van der Waals surface area (Å²) in [6.07, 6.45) is 1.37. The molecule has 0 spiro atoms. The highest BCUT2D eigenvalue weighted by molar-refractivity contribution is 8.04. The minimum absolute atomic E-state index is 0.0773. The van der Waals surface area contributed by atoms with Gasteiger partial charge in [-0.2, -0.15) is 0 Å². The quantitative estimate of drug-likeness (QED) is 0.615. The highest BCUT2D eigenvalue weighted by atomic mass is 32.2. The monoisotopic (exact) mass is 345 g/mol. The van der Waals surface area contributed by atoms with Crippen molar-refractivity contribution >= 4 is 34.8 Å². The van der Waals surface area contributed by atoms with E-state index >= 15 is 0 Å². The molecule has 0 atom stereocenters. The van der Waals surface area contributed by atoms with Gasteiger partial charge in [-0.3, -0.25) is 19.7 Å². The van der Waals surface area contributed by atoms with E-state index in [4.69, 9.17) is 0 Å². The fraction of sp³-hybridized carbons (Fsp3) is 0.143. The third kappa shape index (κ3) is 2.56. The van der Waals surface area contributed by atoms with E-state index in [1.807, 2.05) is 0 Å². The summed E-state index contributed by atoms with van der Waals surface area (Å²) in [5.74, 6) is -0.586. The molecule has 1 aliphatic rings. The lowest BCUT2D eigenvalue weighted by atomic mass is 10.1. The lowest BCUT2D eigenvalue weighted by Crippen LogP contribution is -2.40. The van der Waals surface area contributed by atoms with Crippen LogP contribution in [0.15, 0.2) is 40.7 Å². The van der Waals surface area contributed by atoms with Crippen molar-refractivity contribution in [2.45, 2.75) is 19.0 Å². The van der Waals surface area contributed by atoms with Crippen LogP contribution in [0.3, 0.4) is 0 Å². The van der Waals surface area contributed by atoms with Crippen molar-refractivity contribution in [2.75, 3.05) is 5.01 Å². The molecule has 9 nitrogen and oxygen atoms in total. The summed E-state index contributed by atoms with van der Waals surface area (Å²) in [7, 11) is 0. The number of fused-ring (bicyclic) bond motifs is 1. The van der Waals surface area contributed by atoms with Crippen molar-refractivity contribution < 1.29 is 14.5 Å². The van der Waals surface area contributed by atoms with Crippen molar-refractivity contribution in [3.8, 4) is 0 Å². The second-order valence-corrected chi connectivity index (χ2v) is 5.91. The van der Waals surface area contributed by atoms with Crippen molar-refractivity contribution in [2.24, 2.45) is 0 Å². The molecule has 1 aromatic carbocycles. The number of nitro benzene ring substituents is 1. The first-order valence-electron chi connectivity index (χ1n) is 6.79. The molecule has 0 bridgehead atoms. The minimum Gasteiger partial charge on any atom is -0.294 e. The van der Waals surface area contributed by atoms with Crippen LogP contribution < -0.4 is 5.01 Å². The molecular weight excluding hydrogens is 334 g/mol. The lowest BCUT2D eigenvalue weighted by Gasteiger charge is -2.30. The van der Waals surface area contributed by atoms with E-state index in [0.29, 0.717) is 21.3 Å². The number of amides is 1. The van der Waals surface area contributed by atoms with Crippen molar-refractivity contribution in [1.29, 1.82) is 0 Å². The molecule has 1 aliphatic heterocycles. The highest BCUT2D eigenvalue weighted by Crippen LogP contribution is 2.39. The molecule has 1 aromatic heterocycles. The number of hydrogen-bond donors (Lipinski definition) is 0. The van der Waals surface area contributed by atoms with E-state index in [1.54, 1.807) is 0 Å². The molecule has 2 heterocycles. The van der Waals surface area contributed by atoms with E-state index in [0.717, 1.165) is 11.8 Å². The van der Waals surface area contributed by atoms with Gasteiger partial charge in [0.1, 0.15) is 6.33 Å². The molecule has 1 amide bonds. The average Bonchev–Trinajstić information content (AvgIpc) is 3.00. The van der Waals surface area contributed by atoms with Crippen LogP contribution in [-0.2, 0) is 9.59 Å². The number of ketones is 1. The van der Waals surface area contributed by atoms with Gasteiger partial charge in [0.2, 0.25) is 11.1 Å². The average molecular weight is 345 g/mol. The summed E-state index contributed by atoms with van der Waals surface area (Å²) in [5.41, 5.74) is 0.779. The topological polar surface area (TPSA) is 111 Å². The smallest absolute Gasteiger partial charge is 0.269 e. The van der Waals surface area contributed by atoms with Crippen molar-refractivity contribution in [1.82, 2.24) is 14.9 Å². The van der Waals surface area contributed by atoms with Gasteiger partial charge in [-0.15, -0.1) is 10.2 Å². The van der Waals surface area contributed by atoms with Gasteiger partial charge in [0.25, 0.3) is 5.69 Å². The Bertz CT molecular complexity index is 887. The second-order valence-electron chi connectivity index (χ2n) is 4.93. The Morgan fingerprint density at radius 1 is 1.21 bits per heavy atom. The molecule has 0 radical (unpaired) electrons. The largest absolute Gasteiger partial charge is 0.294 e. The predicted octanol–water partition coefficient (Wildman–Crippen LogP) is 1.73. The van der Waals surface area contributed by atoms with Crippen LogP contribution in [0, 0.1) is 10.1 Å². The minimum atomic E-state index is -0.514. The number of thioether (sulfide) groups is 1. The van der Waals surface area contributed by atoms with Crippen LogP contribution in [0.5, 0.6) is 0 Å². The third-order valence-corrected chi connectivity index (χ3v) is 4.44. The number of nitro groups is 1.